The molecule has 1 atom stereocenters. The lowest BCUT2D eigenvalue weighted by molar-refractivity contribution is 0.317. The molecule has 1 N–H and O–H groups in total. The first-order valence-electron chi connectivity index (χ1n) is 7.41. The van der Waals surface area contributed by atoms with Crippen molar-refractivity contribution < 1.29 is 4.74 Å². The first-order valence-corrected chi connectivity index (χ1v) is 7.41. The van der Waals surface area contributed by atoms with E-state index in [1.165, 1.54) is 37.9 Å². The predicted molar refractivity (Wildman–Crippen MR) is 77.4 cm³/mol. The van der Waals surface area contributed by atoms with E-state index in [1.807, 2.05) is 24.3 Å². The summed E-state index contributed by atoms with van der Waals surface area (Å²) in [5.74, 6) is 0.775. The number of nitrogens with one attached hydrogen (secondary N) is 1. The van der Waals surface area contributed by atoms with Gasteiger partial charge in [-0.3, -0.25) is 4.90 Å². The Morgan fingerprint density at radius 2 is 2.25 bits per heavy atom. The molecule has 1 saturated carbocycles. The zero-order valence-electron chi connectivity index (χ0n) is 11.7. The Morgan fingerprint density at radius 3 is 3.05 bits per heavy atom. The molecule has 0 amide bonds. The van der Waals surface area contributed by atoms with E-state index >= 15 is 0 Å². The number of hydrogen-bond acceptors (Lipinski definition) is 4. The first kappa shape index (κ1) is 13.4. The highest BCUT2D eigenvalue weighted by atomic mass is 16.5. The lowest BCUT2D eigenvalue weighted by Gasteiger charge is -2.16. The van der Waals surface area contributed by atoms with Gasteiger partial charge >= 0.3 is 0 Å². The molecule has 1 aliphatic carbocycles. The second kappa shape index (κ2) is 6.25. The van der Waals surface area contributed by atoms with Crippen LogP contribution in [0.15, 0.2) is 24.3 Å². The Labute approximate surface area is 120 Å². The molecule has 1 heterocycles. The standard InChI is InChI=1S/C16H21N3O/c17-7-9-20-16-3-1-2-13(10-16)11-18-14-6-8-19(12-14)15-4-5-15/h1-3,10,14-15,18H,4-6,8-9,11-12H2. The maximum atomic E-state index is 8.53. The van der Waals surface area contributed by atoms with Gasteiger partial charge in [-0.25, -0.2) is 0 Å². The van der Waals surface area contributed by atoms with Gasteiger partial charge < -0.3 is 10.1 Å². The van der Waals surface area contributed by atoms with E-state index < -0.39 is 0 Å². The minimum absolute atomic E-state index is 0.107. The van der Waals surface area contributed by atoms with Gasteiger partial charge in [0.15, 0.2) is 6.61 Å². The van der Waals surface area contributed by atoms with Crippen LogP contribution in [0.3, 0.4) is 0 Å². The second-order valence-electron chi connectivity index (χ2n) is 5.69. The third-order valence-electron chi connectivity index (χ3n) is 4.08. The summed E-state index contributed by atoms with van der Waals surface area (Å²) in [4.78, 5) is 2.62. The van der Waals surface area contributed by atoms with Crippen LogP contribution in [0.1, 0.15) is 24.8 Å². The van der Waals surface area contributed by atoms with Crippen LogP contribution in [0.4, 0.5) is 0 Å². The number of hydrogen-bond donors (Lipinski definition) is 1. The number of likely N-dealkylation sites (tertiary alicyclic amines) is 1. The van der Waals surface area contributed by atoms with Crippen molar-refractivity contribution in [3.8, 4) is 11.8 Å². The zero-order valence-corrected chi connectivity index (χ0v) is 11.7. The van der Waals surface area contributed by atoms with E-state index in [9.17, 15) is 0 Å². The lowest BCUT2D eigenvalue weighted by atomic mass is 10.2. The molecule has 106 valence electrons. The normalized spacial score (nSPS) is 22.6. The number of nitrogens with zero attached hydrogens (tertiary/aromatic N) is 2. The fourth-order valence-corrected chi connectivity index (χ4v) is 2.85. The molecular weight excluding hydrogens is 250 g/mol. The number of benzene rings is 1. The fraction of sp³-hybridized carbons (Fsp3) is 0.562. The van der Waals surface area contributed by atoms with Crippen molar-refractivity contribution in [3.05, 3.63) is 29.8 Å². The Hall–Kier alpha value is -1.57. The van der Waals surface area contributed by atoms with Crippen molar-refractivity contribution in [2.75, 3.05) is 19.7 Å². The maximum Gasteiger partial charge on any atom is 0.174 e. The Kier molecular flexibility index (Phi) is 4.19. The smallest absolute Gasteiger partial charge is 0.174 e. The Morgan fingerprint density at radius 1 is 1.35 bits per heavy atom. The molecule has 0 spiro atoms. The molecule has 0 aromatic heterocycles. The van der Waals surface area contributed by atoms with Gasteiger partial charge in [0.2, 0.25) is 0 Å². The van der Waals surface area contributed by atoms with Gasteiger partial charge in [-0.1, -0.05) is 12.1 Å². The molecule has 4 nitrogen and oxygen atoms in total. The molecule has 1 unspecified atom stereocenters. The van der Waals surface area contributed by atoms with E-state index in [4.69, 9.17) is 10.00 Å². The Balaban J connectivity index is 1.47. The molecule has 1 aromatic rings. The number of ether oxygens (including phenoxy) is 1. The number of nitriles is 1. The first-order chi connectivity index (χ1) is 9.85. The topological polar surface area (TPSA) is 48.3 Å². The third-order valence-corrected chi connectivity index (χ3v) is 4.08. The van der Waals surface area contributed by atoms with Crippen LogP contribution in [0, 0.1) is 11.3 Å². The molecule has 2 aliphatic rings. The monoisotopic (exact) mass is 271 g/mol. The summed E-state index contributed by atoms with van der Waals surface area (Å²) in [7, 11) is 0. The summed E-state index contributed by atoms with van der Waals surface area (Å²) in [6, 6.07) is 11.5. The van der Waals surface area contributed by atoms with Crippen LogP contribution in [-0.4, -0.2) is 36.7 Å². The molecule has 3 rings (SSSR count). The van der Waals surface area contributed by atoms with Crippen LogP contribution in [0.5, 0.6) is 5.75 Å². The number of rotatable bonds is 6. The van der Waals surface area contributed by atoms with Gasteiger partial charge in [0.05, 0.1) is 0 Å². The summed E-state index contributed by atoms with van der Waals surface area (Å²) in [6.45, 7) is 3.41. The zero-order chi connectivity index (χ0) is 13.8. The third kappa shape index (κ3) is 3.50. The minimum atomic E-state index is 0.107. The maximum absolute atomic E-state index is 8.53. The highest BCUT2D eigenvalue weighted by Crippen LogP contribution is 2.29. The van der Waals surface area contributed by atoms with Crippen molar-refractivity contribution in [2.45, 2.75) is 37.9 Å². The lowest BCUT2D eigenvalue weighted by Crippen LogP contribution is -2.32. The molecule has 4 heteroatoms. The Bertz CT molecular complexity index is 493. The molecule has 1 aromatic carbocycles. The van der Waals surface area contributed by atoms with Gasteiger partial charge in [-0.05, 0) is 37.0 Å². The van der Waals surface area contributed by atoms with Gasteiger partial charge in [0.25, 0.3) is 0 Å². The van der Waals surface area contributed by atoms with E-state index in [1.54, 1.807) is 0 Å². The van der Waals surface area contributed by atoms with E-state index in [0.717, 1.165) is 18.3 Å². The predicted octanol–water partition coefficient (Wildman–Crippen LogP) is 1.92. The second-order valence-corrected chi connectivity index (χ2v) is 5.69. The summed E-state index contributed by atoms with van der Waals surface area (Å²) >= 11 is 0. The molecule has 1 aliphatic heterocycles. The quantitative estimate of drug-likeness (QED) is 0.858. The summed E-state index contributed by atoms with van der Waals surface area (Å²) in [5, 5.41) is 12.2. The van der Waals surface area contributed by atoms with Gasteiger partial charge in [-0.15, -0.1) is 0 Å². The van der Waals surface area contributed by atoms with E-state index in [2.05, 4.69) is 16.3 Å². The largest absolute Gasteiger partial charge is 0.479 e. The van der Waals surface area contributed by atoms with Crippen LogP contribution in [0.2, 0.25) is 0 Å². The van der Waals surface area contributed by atoms with Gasteiger partial charge in [-0.2, -0.15) is 5.26 Å². The average molecular weight is 271 g/mol. The van der Waals surface area contributed by atoms with Crippen molar-refractivity contribution in [1.82, 2.24) is 10.2 Å². The molecule has 2 fully saturated rings. The van der Waals surface area contributed by atoms with E-state index in [0.29, 0.717) is 6.04 Å². The molecule has 0 radical (unpaired) electrons. The van der Waals surface area contributed by atoms with Crippen LogP contribution < -0.4 is 10.1 Å². The highest BCUT2D eigenvalue weighted by Gasteiger charge is 2.33. The molecule has 1 saturated heterocycles. The summed E-state index contributed by atoms with van der Waals surface area (Å²) < 4.78 is 5.33. The van der Waals surface area contributed by atoms with Crippen molar-refractivity contribution in [1.29, 1.82) is 5.26 Å². The fourth-order valence-electron chi connectivity index (χ4n) is 2.85. The van der Waals surface area contributed by atoms with Crippen LogP contribution in [0.25, 0.3) is 0 Å². The van der Waals surface area contributed by atoms with Crippen LogP contribution >= 0.6 is 0 Å². The van der Waals surface area contributed by atoms with E-state index in [-0.39, 0.29) is 6.61 Å². The van der Waals surface area contributed by atoms with Crippen molar-refractivity contribution >= 4 is 0 Å². The summed E-state index contributed by atoms with van der Waals surface area (Å²) in [5.41, 5.74) is 1.21. The van der Waals surface area contributed by atoms with Gasteiger partial charge in [0.1, 0.15) is 11.8 Å². The van der Waals surface area contributed by atoms with Crippen molar-refractivity contribution in [3.63, 3.8) is 0 Å². The average Bonchev–Trinajstić information content (AvgIpc) is 3.22. The van der Waals surface area contributed by atoms with Gasteiger partial charge in [0, 0.05) is 31.7 Å². The SMILES string of the molecule is N#CCOc1cccc(CNC2CCN(C3CC3)C2)c1. The van der Waals surface area contributed by atoms with Crippen LogP contribution in [-0.2, 0) is 6.54 Å². The minimum Gasteiger partial charge on any atom is -0.479 e. The molecule has 0 bridgehead atoms. The van der Waals surface area contributed by atoms with Crippen molar-refractivity contribution in [2.24, 2.45) is 0 Å². The molecule has 20 heavy (non-hydrogen) atoms. The molecular formula is C16H21N3O. The summed E-state index contributed by atoms with van der Waals surface area (Å²) in [6.07, 6.45) is 4.04. The highest BCUT2D eigenvalue weighted by molar-refractivity contribution is 5.28.